The summed E-state index contributed by atoms with van der Waals surface area (Å²) in [5.74, 6) is -0.399. The van der Waals surface area contributed by atoms with Gasteiger partial charge in [0, 0.05) is 18.7 Å². The van der Waals surface area contributed by atoms with Crippen LogP contribution in [0.15, 0.2) is 23.8 Å². The van der Waals surface area contributed by atoms with Crippen molar-refractivity contribution in [1.29, 1.82) is 0 Å². The average Bonchev–Trinajstić information content (AvgIpc) is 2.51. The van der Waals surface area contributed by atoms with E-state index in [0.29, 0.717) is 6.54 Å². The minimum atomic E-state index is -0.200. The van der Waals surface area contributed by atoms with E-state index in [0.717, 1.165) is 25.1 Å². The van der Waals surface area contributed by atoms with Gasteiger partial charge in [0.05, 0.1) is 6.54 Å². The highest BCUT2D eigenvalue weighted by Crippen LogP contribution is 2.11. The molecule has 0 saturated heterocycles. The van der Waals surface area contributed by atoms with E-state index in [-0.39, 0.29) is 11.8 Å². The molecule has 0 aliphatic carbocycles. The summed E-state index contributed by atoms with van der Waals surface area (Å²) in [4.78, 5) is 23.7. The van der Waals surface area contributed by atoms with Crippen LogP contribution in [0.2, 0.25) is 0 Å². The third-order valence-electron chi connectivity index (χ3n) is 2.42. The quantitative estimate of drug-likeness (QED) is 0.488. The molecule has 0 saturated carbocycles. The van der Waals surface area contributed by atoms with Crippen molar-refractivity contribution in [2.24, 2.45) is 0 Å². The van der Waals surface area contributed by atoms with Gasteiger partial charge in [-0.15, -0.1) is 0 Å². The Morgan fingerprint density at radius 1 is 1.29 bits per heavy atom. The number of imide groups is 1. The fourth-order valence-electron chi connectivity index (χ4n) is 1.60. The third kappa shape index (κ3) is 1.75. The van der Waals surface area contributed by atoms with Crippen molar-refractivity contribution in [2.75, 3.05) is 19.6 Å². The number of hydrogen-bond acceptors (Lipinski definition) is 3. The van der Waals surface area contributed by atoms with Crippen molar-refractivity contribution >= 4 is 11.8 Å². The van der Waals surface area contributed by atoms with Gasteiger partial charge in [0.25, 0.3) is 11.8 Å². The smallest absolute Gasteiger partial charge is 0.253 e. The second-order valence-corrected chi connectivity index (χ2v) is 3.41. The van der Waals surface area contributed by atoms with Crippen LogP contribution < -0.4 is 5.32 Å². The van der Waals surface area contributed by atoms with Crippen LogP contribution in [0.1, 0.15) is 6.42 Å². The number of nitrogens with one attached hydrogen (secondary N) is 1. The minimum absolute atomic E-state index is 0.200. The summed E-state index contributed by atoms with van der Waals surface area (Å²) in [6.45, 7) is 2.21. The van der Waals surface area contributed by atoms with E-state index < -0.39 is 0 Å². The Kier molecular flexibility index (Phi) is 2.45. The molecular weight excluding hydrogens is 180 g/mol. The topological polar surface area (TPSA) is 49.4 Å². The normalized spacial score (nSPS) is 21.7. The number of nitrogens with zero attached hydrogens (tertiary/aromatic N) is 1. The molecule has 0 unspecified atom stereocenters. The summed E-state index contributed by atoms with van der Waals surface area (Å²) in [7, 11) is 0. The molecular formula is C10H12N2O2. The number of carbonyl (C=O) groups is 2. The molecule has 74 valence electrons. The Morgan fingerprint density at radius 3 is 2.57 bits per heavy atom. The zero-order valence-electron chi connectivity index (χ0n) is 7.82. The molecule has 4 heteroatoms. The van der Waals surface area contributed by atoms with Crippen molar-refractivity contribution in [3.63, 3.8) is 0 Å². The molecule has 0 spiro atoms. The molecule has 0 radical (unpaired) electrons. The maximum atomic E-state index is 11.2. The van der Waals surface area contributed by atoms with Crippen molar-refractivity contribution in [2.45, 2.75) is 6.42 Å². The number of amides is 2. The summed E-state index contributed by atoms with van der Waals surface area (Å²) in [6, 6.07) is 0. The maximum Gasteiger partial charge on any atom is 0.253 e. The molecule has 2 heterocycles. The second-order valence-electron chi connectivity index (χ2n) is 3.41. The highest BCUT2D eigenvalue weighted by Gasteiger charge is 2.24. The minimum Gasteiger partial charge on any atom is -0.313 e. The SMILES string of the molecule is O=C1C=CC(=O)N1CC1=CCNCC1. The fraction of sp³-hybridized carbons (Fsp3) is 0.400. The van der Waals surface area contributed by atoms with Gasteiger partial charge in [-0.1, -0.05) is 11.6 Å². The molecule has 0 aromatic heterocycles. The molecule has 2 aliphatic heterocycles. The maximum absolute atomic E-state index is 11.2. The molecule has 2 rings (SSSR count). The first-order valence-electron chi connectivity index (χ1n) is 4.69. The van der Waals surface area contributed by atoms with Crippen LogP contribution in [0, 0.1) is 0 Å². The Labute approximate surface area is 82.3 Å². The molecule has 0 aromatic carbocycles. The van der Waals surface area contributed by atoms with Crippen molar-refractivity contribution < 1.29 is 9.59 Å². The van der Waals surface area contributed by atoms with Crippen LogP contribution >= 0.6 is 0 Å². The Morgan fingerprint density at radius 2 is 2.00 bits per heavy atom. The van der Waals surface area contributed by atoms with Gasteiger partial charge in [-0.2, -0.15) is 0 Å². The predicted octanol–water partition coefficient (Wildman–Crippen LogP) is -0.169. The number of rotatable bonds is 2. The summed E-state index contributed by atoms with van der Waals surface area (Å²) < 4.78 is 0. The largest absolute Gasteiger partial charge is 0.313 e. The van der Waals surface area contributed by atoms with Gasteiger partial charge in [-0.25, -0.2) is 0 Å². The van der Waals surface area contributed by atoms with Gasteiger partial charge >= 0.3 is 0 Å². The molecule has 0 atom stereocenters. The lowest BCUT2D eigenvalue weighted by molar-refractivity contribution is -0.136. The van der Waals surface area contributed by atoms with E-state index >= 15 is 0 Å². The van der Waals surface area contributed by atoms with Gasteiger partial charge in [-0.05, 0) is 13.0 Å². The van der Waals surface area contributed by atoms with E-state index in [2.05, 4.69) is 5.32 Å². The van der Waals surface area contributed by atoms with Crippen LogP contribution in [0.25, 0.3) is 0 Å². The third-order valence-corrected chi connectivity index (χ3v) is 2.42. The van der Waals surface area contributed by atoms with Crippen LogP contribution in [-0.2, 0) is 9.59 Å². The molecule has 2 aliphatic rings. The fourth-order valence-corrected chi connectivity index (χ4v) is 1.60. The van der Waals surface area contributed by atoms with Crippen LogP contribution in [0.3, 0.4) is 0 Å². The van der Waals surface area contributed by atoms with Gasteiger partial charge in [0.15, 0.2) is 0 Å². The lowest BCUT2D eigenvalue weighted by Gasteiger charge is -2.19. The highest BCUT2D eigenvalue weighted by molar-refractivity contribution is 6.13. The average molecular weight is 192 g/mol. The molecule has 1 N–H and O–H groups in total. The molecule has 0 aromatic rings. The zero-order chi connectivity index (χ0) is 9.97. The number of hydrogen-bond donors (Lipinski definition) is 1. The van der Waals surface area contributed by atoms with E-state index in [1.165, 1.54) is 17.1 Å². The lowest BCUT2D eigenvalue weighted by atomic mass is 10.1. The Balaban J connectivity index is 2.00. The summed E-state index contributed by atoms with van der Waals surface area (Å²) in [6.07, 6.45) is 5.60. The first-order chi connectivity index (χ1) is 6.77. The van der Waals surface area contributed by atoms with Gasteiger partial charge in [0.2, 0.25) is 0 Å². The monoisotopic (exact) mass is 192 g/mol. The van der Waals surface area contributed by atoms with Gasteiger partial charge in [0.1, 0.15) is 0 Å². The predicted molar refractivity (Wildman–Crippen MR) is 51.4 cm³/mol. The summed E-state index contributed by atoms with van der Waals surface area (Å²) in [5, 5.41) is 3.18. The van der Waals surface area contributed by atoms with Gasteiger partial charge in [-0.3, -0.25) is 14.5 Å². The zero-order valence-corrected chi connectivity index (χ0v) is 7.82. The molecule has 0 bridgehead atoms. The first kappa shape index (κ1) is 9.15. The van der Waals surface area contributed by atoms with Crippen LogP contribution in [0.4, 0.5) is 0 Å². The standard InChI is InChI=1S/C10H12N2O2/c13-9-1-2-10(14)12(9)7-8-3-5-11-6-4-8/h1-3,11H,4-7H2. The molecule has 4 nitrogen and oxygen atoms in total. The molecule has 14 heavy (non-hydrogen) atoms. The summed E-state index contributed by atoms with van der Waals surface area (Å²) >= 11 is 0. The lowest BCUT2D eigenvalue weighted by Crippen LogP contribution is -2.34. The van der Waals surface area contributed by atoms with E-state index in [1.54, 1.807) is 0 Å². The van der Waals surface area contributed by atoms with Crippen molar-refractivity contribution in [1.82, 2.24) is 10.2 Å². The van der Waals surface area contributed by atoms with Crippen molar-refractivity contribution in [3.8, 4) is 0 Å². The Bertz CT molecular complexity index is 313. The van der Waals surface area contributed by atoms with Crippen LogP contribution in [-0.4, -0.2) is 36.3 Å². The molecule has 2 amide bonds. The first-order valence-corrected chi connectivity index (χ1v) is 4.69. The van der Waals surface area contributed by atoms with E-state index in [4.69, 9.17) is 0 Å². The number of carbonyl (C=O) groups excluding carboxylic acids is 2. The summed E-state index contributed by atoms with van der Waals surface area (Å²) in [5.41, 5.74) is 1.16. The second kappa shape index (κ2) is 3.75. The van der Waals surface area contributed by atoms with E-state index in [9.17, 15) is 9.59 Å². The van der Waals surface area contributed by atoms with E-state index in [1.807, 2.05) is 6.08 Å². The Hall–Kier alpha value is -1.42. The van der Waals surface area contributed by atoms with Crippen molar-refractivity contribution in [3.05, 3.63) is 23.8 Å². The molecule has 0 fully saturated rings. The highest BCUT2D eigenvalue weighted by atomic mass is 16.2. The van der Waals surface area contributed by atoms with Crippen LogP contribution in [0.5, 0.6) is 0 Å². The van der Waals surface area contributed by atoms with Gasteiger partial charge < -0.3 is 5.32 Å².